The third-order valence-electron chi connectivity index (χ3n) is 4.06. The van der Waals surface area contributed by atoms with E-state index in [1.54, 1.807) is 6.20 Å². The number of likely N-dealkylation sites (N-methyl/N-ethyl adjacent to an activating group) is 1. The summed E-state index contributed by atoms with van der Waals surface area (Å²) in [5, 5.41) is 3.00. The van der Waals surface area contributed by atoms with Crippen molar-refractivity contribution >= 4 is 5.91 Å². The summed E-state index contributed by atoms with van der Waals surface area (Å²) >= 11 is 0. The Labute approximate surface area is 138 Å². The van der Waals surface area contributed by atoms with Crippen LogP contribution >= 0.6 is 0 Å². The predicted molar refractivity (Wildman–Crippen MR) is 94.5 cm³/mol. The van der Waals surface area contributed by atoms with Crippen LogP contribution in [0.15, 0.2) is 42.6 Å². The molecule has 0 saturated carbocycles. The van der Waals surface area contributed by atoms with Crippen LogP contribution in [0.4, 0.5) is 0 Å². The number of nitrogens with zero attached hydrogens (tertiary/aromatic N) is 2. The maximum Gasteiger partial charge on any atom is 0.251 e. The predicted octanol–water partition coefficient (Wildman–Crippen LogP) is 3.13. The fourth-order valence-electron chi connectivity index (χ4n) is 2.49. The number of hydrogen-bond donors (Lipinski definition) is 1. The molecule has 1 heterocycles. The average molecular weight is 311 g/mol. The number of aromatic nitrogens is 1. The van der Waals surface area contributed by atoms with Gasteiger partial charge in [0, 0.05) is 29.9 Å². The Hall–Kier alpha value is -2.20. The van der Waals surface area contributed by atoms with Gasteiger partial charge in [0.2, 0.25) is 0 Å². The molecule has 2 aromatic rings. The van der Waals surface area contributed by atoms with Gasteiger partial charge in [0.15, 0.2) is 0 Å². The quantitative estimate of drug-likeness (QED) is 0.891. The molecule has 4 nitrogen and oxygen atoms in total. The molecule has 0 radical (unpaired) electrons. The Balaban J connectivity index is 2.03. The number of hydrogen-bond acceptors (Lipinski definition) is 3. The van der Waals surface area contributed by atoms with Crippen LogP contribution in [0.5, 0.6) is 0 Å². The van der Waals surface area contributed by atoms with Crippen LogP contribution in [0.25, 0.3) is 11.3 Å². The van der Waals surface area contributed by atoms with Crippen molar-refractivity contribution < 1.29 is 4.79 Å². The maximum atomic E-state index is 12.2. The summed E-state index contributed by atoms with van der Waals surface area (Å²) < 4.78 is 0. The second-order valence-electron chi connectivity index (χ2n) is 6.03. The fourth-order valence-corrected chi connectivity index (χ4v) is 2.49. The number of pyridine rings is 1. The first-order valence-electron chi connectivity index (χ1n) is 7.99. The first-order valence-corrected chi connectivity index (χ1v) is 7.99. The lowest BCUT2D eigenvalue weighted by atomic mass is 10.1. The molecule has 122 valence electrons. The molecule has 0 bridgehead atoms. The van der Waals surface area contributed by atoms with Gasteiger partial charge in [-0.15, -0.1) is 0 Å². The minimum atomic E-state index is -0.0333. The minimum absolute atomic E-state index is 0.0333. The number of aryl methyl sites for hydroxylation is 1. The molecule has 2 rings (SSSR count). The topological polar surface area (TPSA) is 45.2 Å². The van der Waals surface area contributed by atoms with E-state index in [4.69, 9.17) is 0 Å². The van der Waals surface area contributed by atoms with Crippen LogP contribution in [0.2, 0.25) is 0 Å². The van der Waals surface area contributed by atoms with E-state index in [1.807, 2.05) is 57.4 Å². The molecule has 23 heavy (non-hydrogen) atoms. The van der Waals surface area contributed by atoms with Gasteiger partial charge >= 0.3 is 0 Å². The minimum Gasteiger partial charge on any atom is -0.350 e. The highest BCUT2D eigenvalue weighted by molar-refractivity contribution is 5.94. The zero-order valence-electron chi connectivity index (χ0n) is 14.3. The summed E-state index contributed by atoms with van der Waals surface area (Å²) in [5.41, 5.74) is 3.79. The van der Waals surface area contributed by atoms with Crippen LogP contribution in [0.3, 0.4) is 0 Å². The highest BCUT2D eigenvalue weighted by Gasteiger charge is 2.12. The van der Waals surface area contributed by atoms with E-state index < -0.39 is 0 Å². The number of amides is 1. The van der Waals surface area contributed by atoms with E-state index in [2.05, 4.69) is 22.1 Å². The standard InChI is InChI=1S/C19H25N3O/c1-5-17(22(3)4)13-21-19(23)16-8-6-15(7-9-16)18-12-14(2)10-11-20-18/h6-12,17H,5,13H2,1-4H3,(H,21,23). The van der Waals surface area contributed by atoms with E-state index in [1.165, 1.54) is 5.56 Å². The third-order valence-corrected chi connectivity index (χ3v) is 4.06. The van der Waals surface area contributed by atoms with Gasteiger partial charge in [-0.05, 0) is 57.3 Å². The third kappa shape index (κ3) is 4.63. The molecular formula is C19H25N3O. The lowest BCUT2D eigenvalue weighted by Crippen LogP contribution is -2.39. The maximum absolute atomic E-state index is 12.2. The summed E-state index contributed by atoms with van der Waals surface area (Å²) in [6.45, 7) is 4.83. The number of carbonyl (C=O) groups is 1. The molecule has 1 amide bonds. The molecule has 1 aromatic heterocycles. The van der Waals surface area contributed by atoms with Crippen molar-refractivity contribution in [3.8, 4) is 11.3 Å². The molecule has 1 unspecified atom stereocenters. The van der Waals surface area contributed by atoms with Crippen molar-refractivity contribution in [3.63, 3.8) is 0 Å². The normalized spacial score (nSPS) is 12.2. The number of benzene rings is 1. The van der Waals surface area contributed by atoms with Crippen molar-refractivity contribution in [2.45, 2.75) is 26.3 Å². The lowest BCUT2D eigenvalue weighted by Gasteiger charge is -2.23. The molecule has 0 aliphatic heterocycles. The van der Waals surface area contributed by atoms with Gasteiger partial charge in [0.05, 0.1) is 5.69 Å². The molecule has 0 spiro atoms. The molecule has 0 aliphatic carbocycles. The second-order valence-corrected chi connectivity index (χ2v) is 6.03. The summed E-state index contributed by atoms with van der Waals surface area (Å²) in [4.78, 5) is 18.7. The smallest absolute Gasteiger partial charge is 0.251 e. The van der Waals surface area contributed by atoms with Gasteiger partial charge in [-0.3, -0.25) is 9.78 Å². The van der Waals surface area contributed by atoms with Crippen molar-refractivity contribution in [3.05, 3.63) is 53.7 Å². The molecule has 1 atom stereocenters. The Morgan fingerprint density at radius 3 is 2.48 bits per heavy atom. The van der Waals surface area contributed by atoms with E-state index in [9.17, 15) is 4.79 Å². The van der Waals surface area contributed by atoms with E-state index in [-0.39, 0.29) is 5.91 Å². The zero-order chi connectivity index (χ0) is 16.8. The highest BCUT2D eigenvalue weighted by atomic mass is 16.1. The molecule has 0 saturated heterocycles. The first-order chi connectivity index (χ1) is 11.0. The Morgan fingerprint density at radius 2 is 1.91 bits per heavy atom. The highest BCUT2D eigenvalue weighted by Crippen LogP contribution is 2.18. The molecule has 0 fully saturated rings. The Kier molecular flexibility index (Phi) is 5.88. The zero-order valence-corrected chi connectivity index (χ0v) is 14.3. The van der Waals surface area contributed by atoms with Gasteiger partial charge in [0.1, 0.15) is 0 Å². The summed E-state index contributed by atoms with van der Waals surface area (Å²) in [6, 6.07) is 12.0. The molecule has 1 aromatic carbocycles. The van der Waals surface area contributed by atoms with E-state index >= 15 is 0 Å². The van der Waals surface area contributed by atoms with Gasteiger partial charge in [0.25, 0.3) is 5.91 Å². The van der Waals surface area contributed by atoms with Crippen LogP contribution in [0.1, 0.15) is 29.3 Å². The number of rotatable bonds is 6. The van der Waals surface area contributed by atoms with Crippen molar-refractivity contribution in [1.82, 2.24) is 15.2 Å². The van der Waals surface area contributed by atoms with Crippen LogP contribution in [-0.2, 0) is 0 Å². The first kappa shape index (κ1) is 17.2. The van der Waals surface area contributed by atoms with Crippen LogP contribution in [0, 0.1) is 6.92 Å². The summed E-state index contributed by atoms with van der Waals surface area (Å²) in [7, 11) is 4.06. The number of nitrogens with one attached hydrogen (secondary N) is 1. The molecular weight excluding hydrogens is 286 g/mol. The van der Waals surface area contributed by atoms with Crippen LogP contribution in [-0.4, -0.2) is 42.5 Å². The van der Waals surface area contributed by atoms with Gasteiger partial charge in [-0.25, -0.2) is 0 Å². The summed E-state index contributed by atoms with van der Waals surface area (Å²) in [6.07, 6.45) is 2.81. The molecule has 0 aliphatic rings. The lowest BCUT2D eigenvalue weighted by molar-refractivity contribution is 0.0941. The van der Waals surface area contributed by atoms with Gasteiger partial charge < -0.3 is 10.2 Å². The van der Waals surface area contributed by atoms with Crippen molar-refractivity contribution in [2.24, 2.45) is 0 Å². The largest absolute Gasteiger partial charge is 0.350 e. The SMILES string of the molecule is CCC(CNC(=O)c1ccc(-c2cc(C)ccn2)cc1)N(C)C. The van der Waals surface area contributed by atoms with Crippen molar-refractivity contribution in [1.29, 1.82) is 0 Å². The summed E-state index contributed by atoms with van der Waals surface area (Å²) in [5.74, 6) is -0.0333. The van der Waals surface area contributed by atoms with E-state index in [0.29, 0.717) is 18.2 Å². The van der Waals surface area contributed by atoms with Crippen molar-refractivity contribution in [2.75, 3.05) is 20.6 Å². The van der Waals surface area contributed by atoms with Crippen LogP contribution < -0.4 is 5.32 Å². The number of carbonyl (C=O) groups excluding carboxylic acids is 1. The Morgan fingerprint density at radius 1 is 1.22 bits per heavy atom. The van der Waals surface area contributed by atoms with Gasteiger partial charge in [-0.2, -0.15) is 0 Å². The monoisotopic (exact) mass is 311 g/mol. The fraction of sp³-hybridized carbons (Fsp3) is 0.368. The average Bonchev–Trinajstić information content (AvgIpc) is 2.55. The Bertz CT molecular complexity index is 650. The molecule has 1 N–H and O–H groups in total. The van der Waals surface area contributed by atoms with Gasteiger partial charge in [-0.1, -0.05) is 19.1 Å². The van der Waals surface area contributed by atoms with E-state index in [0.717, 1.165) is 17.7 Å². The second kappa shape index (κ2) is 7.88. The molecule has 4 heteroatoms.